The van der Waals surface area contributed by atoms with Crippen LogP contribution in [0.5, 0.6) is 0 Å². The van der Waals surface area contributed by atoms with Gasteiger partial charge in [-0.2, -0.15) is 0 Å². The number of hydrogen-bond acceptors (Lipinski definition) is 2. The Morgan fingerprint density at radius 1 is 1.54 bits per heavy atom. The van der Waals surface area contributed by atoms with Crippen molar-refractivity contribution in [3.05, 3.63) is 29.3 Å². The van der Waals surface area contributed by atoms with E-state index in [4.69, 9.17) is 11.6 Å². The Morgan fingerprint density at radius 2 is 2.15 bits per heavy atom. The van der Waals surface area contributed by atoms with Gasteiger partial charge in [0.1, 0.15) is 11.5 Å². The van der Waals surface area contributed by atoms with Crippen LogP contribution in [0.25, 0.3) is 0 Å². The highest BCUT2D eigenvalue weighted by atomic mass is 35.5. The maximum atomic E-state index is 12.4. The normalized spacial score (nSPS) is 10.5. The minimum atomic E-state index is -2.97. The molecule has 0 spiro atoms. The summed E-state index contributed by atoms with van der Waals surface area (Å²) in [5.41, 5.74) is -1.40. The van der Waals surface area contributed by atoms with E-state index in [-0.39, 0.29) is 0 Å². The van der Waals surface area contributed by atoms with Crippen LogP contribution in [0.3, 0.4) is 0 Å². The number of rotatable bonds is 2. The molecule has 6 heteroatoms. The van der Waals surface area contributed by atoms with Gasteiger partial charge in [-0.3, -0.25) is 4.79 Å². The number of halogens is 4. The van der Waals surface area contributed by atoms with E-state index in [9.17, 15) is 18.0 Å². The third kappa shape index (κ3) is 2.18. The van der Waals surface area contributed by atoms with Crippen LogP contribution in [0.4, 0.5) is 13.2 Å². The Bertz CT molecular complexity index is 343. The molecule has 0 fully saturated rings. The Kier molecular flexibility index (Phi) is 2.87. The molecule has 0 aliphatic carbocycles. The number of nitrogens with zero attached hydrogens (tertiary/aromatic N) is 1. The van der Waals surface area contributed by atoms with Crippen LogP contribution in [0.1, 0.15) is 22.5 Å². The monoisotopic (exact) mass is 209 g/mol. The van der Waals surface area contributed by atoms with Crippen LogP contribution in [-0.2, 0) is 0 Å². The molecule has 1 heterocycles. The zero-order valence-electron chi connectivity index (χ0n) is 6.10. The molecule has 1 aromatic rings. The summed E-state index contributed by atoms with van der Waals surface area (Å²) in [5, 5.41) is -1.13. The molecule has 2 nitrogen and oxygen atoms in total. The number of alkyl halides is 2. The van der Waals surface area contributed by atoms with Gasteiger partial charge in [-0.25, -0.2) is 18.2 Å². The Balaban J connectivity index is 3.26. The van der Waals surface area contributed by atoms with Gasteiger partial charge in [0.05, 0.1) is 11.8 Å². The van der Waals surface area contributed by atoms with Crippen LogP contribution < -0.4 is 0 Å². The van der Waals surface area contributed by atoms with Gasteiger partial charge in [-0.1, -0.05) is 0 Å². The number of hydrogen-bond donors (Lipinski definition) is 0. The minimum Gasteiger partial charge on any atom is -0.274 e. The van der Waals surface area contributed by atoms with Gasteiger partial charge < -0.3 is 0 Å². The van der Waals surface area contributed by atoms with Gasteiger partial charge in [0, 0.05) is 0 Å². The summed E-state index contributed by atoms with van der Waals surface area (Å²) >= 11 is 4.95. The SMILES string of the molecule is O=C(Cl)c1ncc(F)cc1C(F)F. The van der Waals surface area contributed by atoms with Crippen LogP contribution >= 0.6 is 11.6 Å². The van der Waals surface area contributed by atoms with Gasteiger partial charge in [0.2, 0.25) is 0 Å². The predicted molar refractivity (Wildman–Crippen MR) is 39.3 cm³/mol. The fourth-order valence-corrected chi connectivity index (χ4v) is 0.943. The third-order valence-electron chi connectivity index (χ3n) is 1.31. The first kappa shape index (κ1) is 9.98. The van der Waals surface area contributed by atoms with E-state index < -0.39 is 28.7 Å². The summed E-state index contributed by atoms with van der Waals surface area (Å²) in [6.45, 7) is 0. The highest BCUT2D eigenvalue weighted by molar-refractivity contribution is 6.67. The first-order chi connectivity index (χ1) is 6.02. The lowest BCUT2D eigenvalue weighted by Gasteiger charge is -2.02. The Labute approximate surface area is 76.3 Å². The van der Waals surface area contributed by atoms with E-state index in [0.717, 1.165) is 0 Å². The molecule has 0 N–H and O–H groups in total. The van der Waals surface area contributed by atoms with Crippen molar-refractivity contribution in [3.8, 4) is 0 Å². The number of aromatic nitrogens is 1. The molecule has 13 heavy (non-hydrogen) atoms. The van der Waals surface area contributed by atoms with Crippen LogP contribution in [-0.4, -0.2) is 10.2 Å². The highest BCUT2D eigenvalue weighted by Gasteiger charge is 2.19. The lowest BCUT2D eigenvalue weighted by Crippen LogP contribution is -2.02. The molecule has 0 radical (unpaired) electrons. The summed E-state index contributed by atoms with van der Waals surface area (Å²) in [7, 11) is 0. The molecule has 0 aromatic carbocycles. The van der Waals surface area contributed by atoms with Gasteiger partial charge >= 0.3 is 0 Å². The lowest BCUT2D eigenvalue weighted by molar-refractivity contribution is 0.106. The summed E-state index contributed by atoms with van der Waals surface area (Å²) < 4.78 is 36.7. The second-order valence-corrected chi connectivity index (χ2v) is 2.51. The summed E-state index contributed by atoms with van der Waals surface area (Å²) in [4.78, 5) is 13.7. The molecule has 0 bridgehead atoms. The van der Waals surface area contributed by atoms with Gasteiger partial charge in [-0.05, 0) is 17.7 Å². The second kappa shape index (κ2) is 3.74. The molecule has 70 valence electrons. The van der Waals surface area contributed by atoms with Gasteiger partial charge in [0.15, 0.2) is 0 Å². The van der Waals surface area contributed by atoms with Gasteiger partial charge in [-0.15, -0.1) is 0 Å². The molecule has 0 amide bonds. The average molecular weight is 210 g/mol. The average Bonchev–Trinajstić information content (AvgIpc) is 2.03. The highest BCUT2D eigenvalue weighted by Crippen LogP contribution is 2.23. The van der Waals surface area contributed by atoms with Crippen molar-refractivity contribution in [2.45, 2.75) is 6.43 Å². The molecular formula is C7H3ClF3NO. The van der Waals surface area contributed by atoms with Crippen molar-refractivity contribution in [2.24, 2.45) is 0 Å². The lowest BCUT2D eigenvalue weighted by atomic mass is 10.2. The second-order valence-electron chi connectivity index (χ2n) is 2.17. The molecule has 1 aromatic heterocycles. The number of carbonyl (C=O) groups excluding carboxylic acids is 1. The van der Waals surface area contributed by atoms with Crippen molar-refractivity contribution in [2.75, 3.05) is 0 Å². The summed E-state index contributed by atoms with van der Waals surface area (Å²) in [5.74, 6) is -0.933. The van der Waals surface area contributed by atoms with E-state index in [1.165, 1.54) is 0 Å². The maximum absolute atomic E-state index is 12.4. The van der Waals surface area contributed by atoms with Crippen molar-refractivity contribution in [1.82, 2.24) is 4.98 Å². The quantitative estimate of drug-likeness (QED) is 0.701. The van der Waals surface area contributed by atoms with Crippen molar-refractivity contribution in [1.29, 1.82) is 0 Å². The molecule has 1 rings (SSSR count). The standard InChI is InChI=1S/C7H3ClF3NO/c8-6(13)5-4(7(10)11)1-3(9)2-12-5/h1-2,7H. The molecule has 0 saturated carbocycles. The molecular weight excluding hydrogens is 207 g/mol. The predicted octanol–water partition coefficient (Wildman–Crippen LogP) is 2.54. The van der Waals surface area contributed by atoms with Crippen molar-refractivity contribution < 1.29 is 18.0 Å². The Hall–Kier alpha value is -1.10. The van der Waals surface area contributed by atoms with E-state index in [1.54, 1.807) is 0 Å². The maximum Gasteiger partial charge on any atom is 0.271 e. The fraction of sp³-hybridized carbons (Fsp3) is 0.143. The topological polar surface area (TPSA) is 30.0 Å². The van der Waals surface area contributed by atoms with E-state index in [2.05, 4.69) is 4.98 Å². The molecule has 0 saturated heterocycles. The first-order valence-corrected chi connectivity index (χ1v) is 3.53. The van der Waals surface area contributed by atoms with E-state index in [1.807, 2.05) is 0 Å². The van der Waals surface area contributed by atoms with Crippen LogP contribution in [0, 0.1) is 5.82 Å². The Morgan fingerprint density at radius 3 is 2.62 bits per heavy atom. The van der Waals surface area contributed by atoms with Crippen molar-refractivity contribution in [3.63, 3.8) is 0 Å². The van der Waals surface area contributed by atoms with Crippen LogP contribution in [0.15, 0.2) is 12.3 Å². The largest absolute Gasteiger partial charge is 0.274 e. The van der Waals surface area contributed by atoms with Gasteiger partial charge in [0.25, 0.3) is 11.7 Å². The zero-order valence-corrected chi connectivity index (χ0v) is 6.86. The first-order valence-electron chi connectivity index (χ1n) is 3.16. The van der Waals surface area contributed by atoms with E-state index >= 15 is 0 Å². The molecule has 0 aliphatic rings. The smallest absolute Gasteiger partial charge is 0.271 e. The summed E-state index contributed by atoms with van der Waals surface area (Å²) in [6, 6.07) is 0.535. The molecule has 0 atom stereocenters. The zero-order chi connectivity index (χ0) is 10.0. The third-order valence-corrected chi connectivity index (χ3v) is 1.48. The molecule has 0 aliphatic heterocycles. The number of carbonyl (C=O) groups is 1. The minimum absolute atomic E-state index is 0.535. The fourth-order valence-electron chi connectivity index (χ4n) is 0.786. The molecule has 0 unspecified atom stereocenters. The van der Waals surface area contributed by atoms with Crippen LogP contribution in [0.2, 0.25) is 0 Å². The number of pyridine rings is 1. The van der Waals surface area contributed by atoms with E-state index in [0.29, 0.717) is 12.3 Å². The summed E-state index contributed by atoms with van der Waals surface area (Å²) in [6.07, 6.45) is -2.32. The van der Waals surface area contributed by atoms with Crippen molar-refractivity contribution >= 4 is 16.8 Å².